The monoisotopic (exact) mass is 448 g/mol. The lowest BCUT2D eigenvalue weighted by molar-refractivity contribution is -0.143. The number of aliphatic carboxylic acids is 1. The molecule has 0 aliphatic carbocycles. The van der Waals surface area contributed by atoms with Crippen molar-refractivity contribution >= 4 is 23.7 Å². The van der Waals surface area contributed by atoms with Gasteiger partial charge in [0, 0.05) is 0 Å². The molecule has 0 radical (unpaired) electrons. The number of amides is 3. The van der Waals surface area contributed by atoms with Crippen molar-refractivity contribution in [1.29, 1.82) is 0 Å². The maximum atomic E-state index is 12.7. The van der Waals surface area contributed by atoms with Gasteiger partial charge < -0.3 is 26.8 Å². The molecule has 32 heavy (non-hydrogen) atoms. The molecule has 5 unspecified atom stereocenters. The van der Waals surface area contributed by atoms with Gasteiger partial charge in [0.05, 0.1) is 12.6 Å². The lowest BCUT2D eigenvalue weighted by atomic mass is 9.97. The SMILES string of the molecule is CCC(C)C(NC(=O)CNC(=O)C(NC(=O)C(N)Cc1ccccc1)C(C)CC)C(=O)O. The fourth-order valence-corrected chi connectivity index (χ4v) is 3.11. The molecule has 9 heteroatoms. The van der Waals surface area contributed by atoms with Crippen molar-refractivity contribution in [3.63, 3.8) is 0 Å². The van der Waals surface area contributed by atoms with Crippen molar-refractivity contribution in [2.24, 2.45) is 17.6 Å². The van der Waals surface area contributed by atoms with Crippen LogP contribution in [-0.4, -0.2) is 53.5 Å². The Morgan fingerprint density at radius 2 is 1.47 bits per heavy atom. The van der Waals surface area contributed by atoms with Crippen molar-refractivity contribution in [3.8, 4) is 0 Å². The summed E-state index contributed by atoms with van der Waals surface area (Å²) >= 11 is 0. The molecular weight excluding hydrogens is 412 g/mol. The standard InChI is InChI=1S/C23H36N4O5/c1-5-14(3)19(27-21(29)17(24)12-16-10-8-7-9-11-16)22(30)25-13-18(28)26-20(23(31)32)15(4)6-2/h7-11,14-15,17,19-20H,5-6,12-13,24H2,1-4H3,(H,25,30)(H,26,28)(H,27,29)(H,31,32). The molecule has 0 fully saturated rings. The number of carbonyl (C=O) groups is 4. The molecule has 1 aromatic rings. The first-order valence-corrected chi connectivity index (χ1v) is 11.0. The number of rotatable bonds is 13. The van der Waals surface area contributed by atoms with Crippen molar-refractivity contribution in [2.75, 3.05) is 6.54 Å². The minimum absolute atomic E-state index is 0.196. The van der Waals surface area contributed by atoms with Crippen molar-refractivity contribution in [3.05, 3.63) is 35.9 Å². The number of nitrogens with one attached hydrogen (secondary N) is 3. The number of hydrogen-bond donors (Lipinski definition) is 5. The molecule has 0 aliphatic heterocycles. The third kappa shape index (κ3) is 8.66. The quantitative estimate of drug-likeness (QED) is 0.301. The maximum absolute atomic E-state index is 12.7. The first kappa shape index (κ1) is 27.1. The second kappa shape index (κ2) is 13.5. The number of nitrogens with two attached hydrogens (primary N) is 1. The van der Waals surface area contributed by atoms with Gasteiger partial charge in [-0.05, 0) is 23.8 Å². The van der Waals surface area contributed by atoms with Crippen LogP contribution in [0.5, 0.6) is 0 Å². The third-order valence-electron chi connectivity index (χ3n) is 5.65. The Labute approximate surface area is 189 Å². The number of carboxylic acids is 1. The highest BCUT2D eigenvalue weighted by molar-refractivity contribution is 5.92. The van der Waals surface area contributed by atoms with E-state index < -0.39 is 48.4 Å². The van der Waals surface area contributed by atoms with Crippen LogP contribution in [0, 0.1) is 11.8 Å². The molecule has 0 aromatic heterocycles. The molecule has 1 rings (SSSR count). The van der Waals surface area contributed by atoms with E-state index in [1.54, 1.807) is 6.92 Å². The minimum Gasteiger partial charge on any atom is -0.480 e. The van der Waals surface area contributed by atoms with E-state index in [9.17, 15) is 24.3 Å². The van der Waals surface area contributed by atoms with E-state index in [1.165, 1.54) is 0 Å². The van der Waals surface area contributed by atoms with E-state index in [0.717, 1.165) is 5.56 Å². The topological polar surface area (TPSA) is 151 Å². The van der Waals surface area contributed by atoms with Crippen LogP contribution in [0.2, 0.25) is 0 Å². The van der Waals surface area contributed by atoms with Gasteiger partial charge in [0.25, 0.3) is 0 Å². The lowest BCUT2D eigenvalue weighted by Crippen LogP contribution is -2.56. The van der Waals surface area contributed by atoms with Gasteiger partial charge in [-0.1, -0.05) is 70.9 Å². The molecule has 1 aromatic carbocycles. The molecule has 0 aliphatic rings. The van der Waals surface area contributed by atoms with E-state index >= 15 is 0 Å². The Hall–Kier alpha value is -2.94. The van der Waals surface area contributed by atoms with Gasteiger partial charge in [-0.25, -0.2) is 4.79 Å². The molecule has 0 bridgehead atoms. The summed E-state index contributed by atoms with van der Waals surface area (Å²) in [5, 5.41) is 16.9. The zero-order valence-electron chi connectivity index (χ0n) is 19.3. The Morgan fingerprint density at radius 1 is 0.906 bits per heavy atom. The third-order valence-corrected chi connectivity index (χ3v) is 5.65. The second-order valence-corrected chi connectivity index (χ2v) is 8.15. The van der Waals surface area contributed by atoms with Crippen LogP contribution < -0.4 is 21.7 Å². The van der Waals surface area contributed by atoms with Gasteiger partial charge >= 0.3 is 5.97 Å². The number of hydrogen-bond acceptors (Lipinski definition) is 5. The fraction of sp³-hybridized carbons (Fsp3) is 0.565. The summed E-state index contributed by atoms with van der Waals surface area (Å²) in [6.45, 7) is 6.87. The smallest absolute Gasteiger partial charge is 0.326 e. The van der Waals surface area contributed by atoms with Gasteiger partial charge in [-0.15, -0.1) is 0 Å². The zero-order chi connectivity index (χ0) is 24.3. The number of benzene rings is 1. The summed E-state index contributed by atoms with van der Waals surface area (Å²) in [6.07, 6.45) is 1.53. The highest BCUT2D eigenvalue weighted by Crippen LogP contribution is 2.10. The fourth-order valence-electron chi connectivity index (χ4n) is 3.11. The Balaban J connectivity index is 2.70. The van der Waals surface area contributed by atoms with E-state index in [-0.39, 0.29) is 11.8 Å². The van der Waals surface area contributed by atoms with E-state index in [0.29, 0.717) is 19.3 Å². The van der Waals surface area contributed by atoms with Crippen LogP contribution in [0.25, 0.3) is 0 Å². The van der Waals surface area contributed by atoms with Gasteiger partial charge in [-0.2, -0.15) is 0 Å². The molecule has 3 amide bonds. The van der Waals surface area contributed by atoms with Gasteiger partial charge in [0.1, 0.15) is 12.1 Å². The average Bonchev–Trinajstić information content (AvgIpc) is 2.78. The predicted molar refractivity (Wildman–Crippen MR) is 122 cm³/mol. The lowest BCUT2D eigenvalue weighted by Gasteiger charge is -2.25. The van der Waals surface area contributed by atoms with Crippen LogP contribution in [0.3, 0.4) is 0 Å². The first-order chi connectivity index (χ1) is 15.1. The summed E-state index contributed by atoms with van der Waals surface area (Å²) in [7, 11) is 0. The van der Waals surface area contributed by atoms with Crippen LogP contribution in [0.15, 0.2) is 30.3 Å². The summed E-state index contributed by atoms with van der Waals surface area (Å²) < 4.78 is 0. The molecule has 0 heterocycles. The minimum atomic E-state index is -1.13. The maximum Gasteiger partial charge on any atom is 0.326 e. The van der Waals surface area contributed by atoms with Gasteiger partial charge in [0.15, 0.2) is 0 Å². The van der Waals surface area contributed by atoms with Crippen LogP contribution >= 0.6 is 0 Å². The molecule has 9 nitrogen and oxygen atoms in total. The molecule has 0 saturated heterocycles. The van der Waals surface area contributed by atoms with Crippen molar-refractivity contribution in [2.45, 2.75) is 65.1 Å². The normalized spacial score (nSPS) is 15.5. The van der Waals surface area contributed by atoms with Crippen LogP contribution in [0.4, 0.5) is 0 Å². The molecule has 6 N–H and O–H groups in total. The highest BCUT2D eigenvalue weighted by Gasteiger charge is 2.29. The van der Waals surface area contributed by atoms with Crippen molar-refractivity contribution in [1.82, 2.24) is 16.0 Å². The van der Waals surface area contributed by atoms with E-state index in [4.69, 9.17) is 5.73 Å². The predicted octanol–water partition coefficient (Wildman–Crippen LogP) is 0.819. The Kier molecular flexibility index (Phi) is 11.4. The summed E-state index contributed by atoms with van der Waals surface area (Å²) in [4.78, 5) is 48.8. The molecule has 5 atom stereocenters. The number of carbonyl (C=O) groups excluding carboxylic acids is 3. The second-order valence-electron chi connectivity index (χ2n) is 8.15. The summed E-state index contributed by atoms with van der Waals surface area (Å²) in [5.41, 5.74) is 6.93. The van der Waals surface area contributed by atoms with Crippen molar-refractivity contribution < 1.29 is 24.3 Å². The summed E-state index contributed by atoms with van der Waals surface area (Å²) in [6, 6.07) is 6.59. The van der Waals surface area contributed by atoms with Crippen LogP contribution in [0.1, 0.15) is 46.1 Å². The van der Waals surface area contributed by atoms with Gasteiger partial charge in [-0.3, -0.25) is 14.4 Å². The van der Waals surface area contributed by atoms with E-state index in [1.807, 2.05) is 51.1 Å². The molecular formula is C23H36N4O5. The first-order valence-electron chi connectivity index (χ1n) is 11.0. The largest absolute Gasteiger partial charge is 0.480 e. The Bertz CT molecular complexity index is 771. The summed E-state index contributed by atoms with van der Waals surface area (Å²) in [5.74, 6) is -3.17. The van der Waals surface area contributed by atoms with Gasteiger partial charge in [0.2, 0.25) is 17.7 Å². The van der Waals surface area contributed by atoms with E-state index in [2.05, 4.69) is 16.0 Å². The molecule has 178 valence electrons. The Morgan fingerprint density at radius 3 is 2.00 bits per heavy atom. The average molecular weight is 449 g/mol. The zero-order valence-corrected chi connectivity index (χ0v) is 19.3. The number of carboxylic acid groups (broad SMARTS) is 1. The molecule has 0 saturated carbocycles. The van der Waals surface area contributed by atoms with Crippen LogP contribution in [-0.2, 0) is 25.6 Å². The highest BCUT2D eigenvalue weighted by atomic mass is 16.4. The molecule has 0 spiro atoms.